The second kappa shape index (κ2) is 7.59. The lowest BCUT2D eigenvalue weighted by Crippen LogP contribution is -2.12. The number of halogens is 1. The highest BCUT2D eigenvalue weighted by Crippen LogP contribution is 2.26. The lowest BCUT2D eigenvalue weighted by molar-refractivity contribution is 0.207. The van der Waals surface area contributed by atoms with E-state index in [2.05, 4.69) is 29.8 Å². The summed E-state index contributed by atoms with van der Waals surface area (Å²) in [5.74, 6) is 0.788. The molecule has 2 N–H and O–H groups in total. The van der Waals surface area contributed by atoms with Gasteiger partial charge in [0.2, 0.25) is 0 Å². The zero-order chi connectivity index (χ0) is 12.7. The van der Waals surface area contributed by atoms with Gasteiger partial charge in [-0.05, 0) is 38.0 Å². The molecule has 0 bridgehead atoms. The number of benzene rings is 1. The first-order valence-corrected chi connectivity index (χ1v) is 7.14. The predicted molar refractivity (Wildman–Crippen MR) is 77.4 cm³/mol. The molecule has 96 valence electrons. The van der Waals surface area contributed by atoms with Gasteiger partial charge in [0.1, 0.15) is 5.75 Å². The van der Waals surface area contributed by atoms with Gasteiger partial charge in [0.25, 0.3) is 0 Å². The third-order valence-electron chi connectivity index (χ3n) is 2.76. The van der Waals surface area contributed by atoms with Gasteiger partial charge in [-0.3, -0.25) is 0 Å². The monoisotopic (exact) mass is 299 g/mol. The van der Waals surface area contributed by atoms with Crippen molar-refractivity contribution in [2.45, 2.75) is 52.1 Å². The normalized spacial score (nSPS) is 12.4. The number of hydrogen-bond acceptors (Lipinski definition) is 2. The molecule has 2 nitrogen and oxygen atoms in total. The van der Waals surface area contributed by atoms with Gasteiger partial charge in [0, 0.05) is 4.47 Å². The number of nitrogen functional groups attached to an aromatic ring is 1. The maximum Gasteiger partial charge on any atom is 0.142 e. The molecule has 0 spiro atoms. The smallest absolute Gasteiger partial charge is 0.142 e. The Labute approximate surface area is 113 Å². The van der Waals surface area contributed by atoms with Crippen LogP contribution in [0, 0.1) is 0 Å². The van der Waals surface area contributed by atoms with E-state index in [9.17, 15) is 0 Å². The second-order valence-corrected chi connectivity index (χ2v) is 5.38. The van der Waals surface area contributed by atoms with E-state index in [4.69, 9.17) is 10.5 Å². The standard InChI is InChI=1S/C14H22BrNO/c1-3-4-5-6-7-11(2)17-14-9-8-12(15)10-13(14)16/h8-11H,3-7,16H2,1-2H3. The average Bonchev–Trinajstić information content (AvgIpc) is 2.28. The zero-order valence-corrected chi connectivity index (χ0v) is 12.3. The third kappa shape index (κ3) is 5.44. The van der Waals surface area contributed by atoms with Crippen LogP contribution < -0.4 is 10.5 Å². The van der Waals surface area contributed by atoms with Gasteiger partial charge in [-0.15, -0.1) is 0 Å². The topological polar surface area (TPSA) is 35.2 Å². The van der Waals surface area contributed by atoms with E-state index in [1.165, 1.54) is 25.7 Å². The van der Waals surface area contributed by atoms with Crippen molar-refractivity contribution in [2.24, 2.45) is 0 Å². The van der Waals surface area contributed by atoms with Gasteiger partial charge >= 0.3 is 0 Å². The molecule has 17 heavy (non-hydrogen) atoms. The molecule has 0 aliphatic carbocycles. The molecule has 0 saturated heterocycles. The number of anilines is 1. The van der Waals surface area contributed by atoms with Gasteiger partial charge in [-0.25, -0.2) is 0 Å². The minimum absolute atomic E-state index is 0.232. The second-order valence-electron chi connectivity index (χ2n) is 4.46. The van der Waals surface area contributed by atoms with Crippen molar-refractivity contribution >= 4 is 21.6 Å². The lowest BCUT2D eigenvalue weighted by atomic mass is 10.1. The van der Waals surface area contributed by atoms with Crippen molar-refractivity contribution in [1.82, 2.24) is 0 Å². The highest BCUT2D eigenvalue weighted by molar-refractivity contribution is 9.10. The largest absolute Gasteiger partial charge is 0.489 e. The van der Waals surface area contributed by atoms with E-state index in [1.54, 1.807) is 0 Å². The van der Waals surface area contributed by atoms with E-state index < -0.39 is 0 Å². The minimum atomic E-state index is 0.232. The Morgan fingerprint density at radius 2 is 2.06 bits per heavy atom. The molecule has 1 aromatic carbocycles. The minimum Gasteiger partial charge on any atom is -0.489 e. The first-order chi connectivity index (χ1) is 8.13. The summed E-state index contributed by atoms with van der Waals surface area (Å²) in [4.78, 5) is 0. The van der Waals surface area contributed by atoms with Crippen LogP contribution in [0.25, 0.3) is 0 Å². The Bertz CT molecular complexity index is 341. The summed E-state index contributed by atoms with van der Waals surface area (Å²) < 4.78 is 6.82. The Morgan fingerprint density at radius 3 is 2.71 bits per heavy atom. The molecule has 1 rings (SSSR count). The fourth-order valence-corrected chi connectivity index (χ4v) is 2.14. The van der Waals surface area contributed by atoms with E-state index in [0.29, 0.717) is 5.69 Å². The van der Waals surface area contributed by atoms with Crippen molar-refractivity contribution in [3.63, 3.8) is 0 Å². The fraction of sp³-hybridized carbons (Fsp3) is 0.571. The first-order valence-electron chi connectivity index (χ1n) is 6.35. The Hall–Kier alpha value is -0.700. The van der Waals surface area contributed by atoms with Crippen molar-refractivity contribution < 1.29 is 4.74 Å². The average molecular weight is 300 g/mol. The van der Waals surface area contributed by atoms with Crippen LogP contribution in [-0.4, -0.2) is 6.10 Å². The molecule has 0 aliphatic rings. The highest BCUT2D eigenvalue weighted by atomic mass is 79.9. The van der Waals surface area contributed by atoms with E-state index in [-0.39, 0.29) is 6.10 Å². The maximum atomic E-state index is 5.89. The van der Waals surface area contributed by atoms with Crippen LogP contribution in [0.2, 0.25) is 0 Å². The van der Waals surface area contributed by atoms with E-state index in [0.717, 1.165) is 16.6 Å². The summed E-state index contributed by atoms with van der Waals surface area (Å²) in [7, 11) is 0. The molecular formula is C14H22BrNO. The van der Waals surface area contributed by atoms with Gasteiger partial charge in [-0.1, -0.05) is 42.1 Å². The molecule has 0 saturated carbocycles. The Kier molecular flexibility index (Phi) is 6.41. The lowest BCUT2D eigenvalue weighted by Gasteiger charge is -2.16. The molecule has 0 fully saturated rings. The maximum absolute atomic E-state index is 5.89. The SMILES string of the molecule is CCCCCCC(C)Oc1ccc(Br)cc1N. The van der Waals surface area contributed by atoms with Gasteiger partial charge in [0.05, 0.1) is 11.8 Å². The fourth-order valence-electron chi connectivity index (χ4n) is 1.76. The quantitative estimate of drug-likeness (QED) is 0.581. The summed E-state index contributed by atoms with van der Waals surface area (Å²) in [6.45, 7) is 4.33. The van der Waals surface area contributed by atoms with Crippen LogP contribution in [0.3, 0.4) is 0 Å². The molecule has 1 aromatic rings. The molecule has 0 amide bonds. The Balaban J connectivity index is 2.37. The molecule has 3 heteroatoms. The van der Waals surface area contributed by atoms with Crippen LogP contribution in [0.1, 0.15) is 46.0 Å². The van der Waals surface area contributed by atoms with Crippen LogP contribution in [-0.2, 0) is 0 Å². The summed E-state index contributed by atoms with van der Waals surface area (Å²) in [6, 6.07) is 5.75. The van der Waals surface area contributed by atoms with Gasteiger partial charge in [-0.2, -0.15) is 0 Å². The molecule has 0 aliphatic heterocycles. The zero-order valence-electron chi connectivity index (χ0n) is 10.7. The van der Waals surface area contributed by atoms with E-state index in [1.807, 2.05) is 18.2 Å². The predicted octanol–water partition coefficient (Wildman–Crippen LogP) is 4.77. The van der Waals surface area contributed by atoms with Crippen LogP contribution >= 0.6 is 15.9 Å². The first kappa shape index (κ1) is 14.4. The molecule has 1 unspecified atom stereocenters. The van der Waals surface area contributed by atoms with Crippen molar-refractivity contribution in [2.75, 3.05) is 5.73 Å². The molecule has 0 heterocycles. The molecule has 0 aromatic heterocycles. The number of ether oxygens (including phenoxy) is 1. The molecule has 1 atom stereocenters. The van der Waals surface area contributed by atoms with Crippen molar-refractivity contribution in [1.29, 1.82) is 0 Å². The summed E-state index contributed by atoms with van der Waals surface area (Å²) in [5, 5.41) is 0. The number of rotatable bonds is 7. The van der Waals surface area contributed by atoms with E-state index >= 15 is 0 Å². The van der Waals surface area contributed by atoms with Crippen LogP contribution in [0.4, 0.5) is 5.69 Å². The number of nitrogens with two attached hydrogens (primary N) is 1. The van der Waals surface area contributed by atoms with Gasteiger partial charge < -0.3 is 10.5 Å². The highest BCUT2D eigenvalue weighted by Gasteiger charge is 2.06. The van der Waals surface area contributed by atoms with Crippen molar-refractivity contribution in [3.05, 3.63) is 22.7 Å². The summed E-state index contributed by atoms with van der Waals surface area (Å²) in [6.07, 6.45) is 6.43. The van der Waals surface area contributed by atoms with Crippen LogP contribution in [0.5, 0.6) is 5.75 Å². The summed E-state index contributed by atoms with van der Waals surface area (Å²) >= 11 is 3.39. The number of unbranched alkanes of at least 4 members (excludes halogenated alkanes) is 3. The van der Waals surface area contributed by atoms with Crippen molar-refractivity contribution in [3.8, 4) is 5.75 Å². The Morgan fingerprint density at radius 1 is 1.29 bits per heavy atom. The van der Waals surface area contributed by atoms with Crippen LogP contribution in [0.15, 0.2) is 22.7 Å². The molecular weight excluding hydrogens is 278 g/mol. The summed E-state index contributed by atoms with van der Waals surface area (Å²) in [5.41, 5.74) is 6.59. The van der Waals surface area contributed by atoms with Gasteiger partial charge in [0.15, 0.2) is 0 Å². The molecule has 0 radical (unpaired) electrons. The third-order valence-corrected chi connectivity index (χ3v) is 3.26. The number of hydrogen-bond donors (Lipinski definition) is 1.